The molecular formula is C18H24N4O2. The van der Waals surface area contributed by atoms with Crippen molar-refractivity contribution in [3.8, 4) is 0 Å². The van der Waals surface area contributed by atoms with Crippen molar-refractivity contribution in [3.63, 3.8) is 0 Å². The van der Waals surface area contributed by atoms with Gasteiger partial charge in [0, 0.05) is 30.6 Å². The highest BCUT2D eigenvalue weighted by Gasteiger charge is 2.21. The molecule has 0 radical (unpaired) electrons. The molecule has 1 aromatic heterocycles. The number of carbonyl (C=O) groups is 1. The Morgan fingerprint density at radius 1 is 1.21 bits per heavy atom. The van der Waals surface area contributed by atoms with E-state index in [-0.39, 0.29) is 17.9 Å². The van der Waals surface area contributed by atoms with Gasteiger partial charge in [0.25, 0.3) is 0 Å². The molecule has 1 aromatic carbocycles. The molecule has 24 heavy (non-hydrogen) atoms. The highest BCUT2D eigenvalue weighted by atomic mass is 16.4. The van der Waals surface area contributed by atoms with Gasteiger partial charge in [0.05, 0.1) is 6.54 Å². The lowest BCUT2D eigenvalue weighted by Crippen LogP contribution is -2.23. The Labute approximate surface area is 142 Å². The minimum absolute atomic E-state index is 0.155. The van der Waals surface area contributed by atoms with Crippen LogP contribution in [0.1, 0.15) is 62.9 Å². The number of hydrogen-bond donors (Lipinski definition) is 1. The van der Waals surface area contributed by atoms with Crippen LogP contribution in [0.15, 0.2) is 28.7 Å². The minimum atomic E-state index is 0.155. The third-order valence-electron chi connectivity index (χ3n) is 4.31. The molecule has 0 aliphatic carbocycles. The molecule has 0 bridgehead atoms. The Bertz CT molecular complexity index is 693. The molecule has 3 rings (SSSR count). The van der Waals surface area contributed by atoms with Crippen molar-refractivity contribution in [1.29, 1.82) is 0 Å². The number of nitrogens with zero attached hydrogens (tertiary/aromatic N) is 3. The van der Waals surface area contributed by atoms with E-state index in [2.05, 4.69) is 34.6 Å². The third kappa shape index (κ3) is 3.64. The van der Waals surface area contributed by atoms with Crippen molar-refractivity contribution in [2.24, 2.45) is 0 Å². The first kappa shape index (κ1) is 16.6. The molecule has 1 amide bonds. The normalized spacial score (nSPS) is 16.2. The molecule has 2 heterocycles. The van der Waals surface area contributed by atoms with E-state index in [0.717, 1.165) is 24.2 Å². The molecule has 1 aliphatic heterocycles. The predicted molar refractivity (Wildman–Crippen MR) is 91.7 cm³/mol. The predicted octanol–water partition coefficient (Wildman–Crippen LogP) is 3.17. The van der Waals surface area contributed by atoms with Crippen LogP contribution in [-0.2, 0) is 11.3 Å². The van der Waals surface area contributed by atoms with Crippen LogP contribution in [0.2, 0.25) is 0 Å². The Kier molecular flexibility index (Phi) is 4.94. The van der Waals surface area contributed by atoms with Gasteiger partial charge in [-0.25, -0.2) is 0 Å². The number of amides is 1. The average Bonchev–Trinajstić information content (AvgIpc) is 3.22. The number of aromatic nitrogens is 2. The van der Waals surface area contributed by atoms with Crippen LogP contribution in [0.5, 0.6) is 0 Å². The van der Waals surface area contributed by atoms with Gasteiger partial charge in [-0.15, -0.1) is 10.2 Å². The molecule has 128 valence electrons. The number of hydrogen-bond acceptors (Lipinski definition) is 5. The molecule has 6 heteroatoms. The van der Waals surface area contributed by atoms with Gasteiger partial charge in [-0.1, -0.05) is 26.0 Å². The first-order valence-electron chi connectivity index (χ1n) is 8.50. The summed E-state index contributed by atoms with van der Waals surface area (Å²) in [4.78, 5) is 13.6. The highest BCUT2D eigenvalue weighted by molar-refractivity contribution is 5.95. The highest BCUT2D eigenvalue weighted by Crippen LogP contribution is 2.23. The monoisotopic (exact) mass is 328 g/mol. The molecule has 1 N–H and O–H groups in total. The first-order chi connectivity index (χ1) is 11.5. The van der Waals surface area contributed by atoms with Gasteiger partial charge in [-0.2, -0.15) is 0 Å². The lowest BCUT2D eigenvalue weighted by atomic mass is 10.1. The summed E-state index contributed by atoms with van der Waals surface area (Å²) < 4.78 is 5.60. The van der Waals surface area contributed by atoms with Crippen LogP contribution < -0.4 is 10.2 Å². The van der Waals surface area contributed by atoms with Crippen LogP contribution in [0.4, 0.5) is 5.69 Å². The number of nitrogens with one attached hydrogen (secondary N) is 1. The smallest absolute Gasteiger partial charge is 0.230 e. The van der Waals surface area contributed by atoms with E-state index >= 15 is 0 Å². The molecule has 1 fully saturated rings. The zero-order valence-electron chi connectivity index (χ0n) is 14.5. The van der Waals surface area contributed by atoms with Crippen molar-refractivity contribution in [2.45, 2.75) is 52.1 Å². The van der Waals surface area contributed by atoms with Crippen LogP contribution in [-0.4, -0.2) is 22.6 Å². The fraction of sp³-hybridized carbons (Fsp3) is 0.500. The Morgan fingerprint density at radius 2 is 1.96 bits per heavy atom. The number of rotatable bonds is 6. The summed E-state index contributed by atoms with van der Waals surface area (Å²) >= 11 is 0. The van der Waals surface area contributed by atoms with E-state index in [4.69, 9.17) is 4.42 Å². The standard InChI is InChI=1S/C18H24N4O2/c1-12(2)18-21-20-16(24-18)11-19-13(3)14-6-8-15(9-7-14)22-10-4-5-17(22)23/h6-9,12-13,19H,4-5,10-11H2,1-3H3. The van der Waals surface area contributed by atoms with Gasteiger partial charge in [-0.3, -0.25) is 4.79 Å². The van der Waals surface area contributed by atoms with Gasteiger partial charge < -0.3 is 14.6 Å². The van der Waals surface area contributed by atoms with E-state index in [9.17, 15) is 4.79 Å². The van der Waals surface area contributed by atoms with Gasteiger partial charge in [0.15, 0.2) is 0 Å². The Balaban J connectivity index is 1.58. The number of carbonyl (C=O) groups excluding carboxylic acids is 1. The third-order valence-corrected chi connectivity index (χ3v) is 4.31. The van der Waals surface area contributed by atoms with E-state index in [1.807, 2.05) is 30.9 Å². The zero-order valence-corrected chi connectivity index (χ0v) is 14.5. The SMILES string of the molecule is CC(C)c1nnc(CNC(C)c2ccc(N3CCCC3=O)cc2)o1. The van der Waals surface area contributed by atoms with Crippen molar-refractivity contribution in [2.75, 3.05) is 11.4 Å². The molecule has 2 aromatic rings. The Morgan fingerprint density at radius 3 is 2.54 bits per heavy atom. The van der Waals surface area contributed by atoms with Gasteiger partial charge in [-0.05, 0) is 31.0 Å². The quantitative estimate of drug-likeness (QED) is 0.882. The maximum absolute atomic E-state index is 11.8. The molecule has 0 saturated carbocycles. The molecule has 0 spiro atoms. The second kappa shape index (κ2) is 7.13. The molecule has 1 atom stereocenters. The molecule has 6 nitrogen and oxygen atoms in total. The fourth-order valence-corrected chi connectivity index (χ4v) is 2.79. The summed E-state index contributed by atoms with van der Waals surface area (Å²) in [5.74, 6) is 1.72. The maximum Gasteiger partial charge on any atom is 0.230 e. The van der Waals surface area contributed by atoms with Crippen LogP contribution in [0.3, 0.4) is 0 Å². The lowest BCUT2D eigenvalue weighted by molar-refractivity contribution is -0.117. The molecule has 1 saturated heterocycles. The topological polar surface area (TPSA) is 71.3 Å². The van der Waals surface area contributed by atoms with Crippen molar-refractivity contribution in [1.82, 2.24) is 15.5 Å². The van der Waals surface area contributed by atoms with E-state index in [1.165, 1.54) is 0 Å². The zero-order chi connectivity index (χ0) is 17.1. The summed E-state index contributed by atoms with van der Waals surface area (Å²) in [6, 6.07) is 8.31. The van der Waals surface area contributed by atoms with Crippen LogP contribution in [0.25, 0.3) is 0 Å². The summed E-state index contributed by atoms with van der Waals surface area (Å²) in [7, 11) is 0. The summed E-state index contributed by atoms with van der Waals surface area (Å²) in [5.41, 5.74) is 2.14. The minimum Gasteiger partial charge on any atom is -0.424 e. The van der Waals surface area contributed by atoms with Gasteiger partial charge in [0.2, 0.25) is 17.7 Å². The fourth-order valence-electron chi connectivity index (χ4n) is 2.79. The van der Waals surface area contributed by atoms with Gasteiger partial charge in [0.1, 0.15) is 0 Å². The molecular weight excluding hydrogens is 304 g/mol. The Hall–Kier alpha value is -2.21. The molecule has 1 unspecified atom stereocenters. The average molecular weight is 328 g/mol. The van der Waals surface area contributed by atoms with Gasteiger partial charge >= 0.3 is 0 Å². The van der Waals surface area contributed by atoms with Crippen LogP contribution >= 0.6 is 0 Å². The molecule has 1 aliphatic rings. The summed E-state index contributed by atoms with van der Waals surface area (Å²) in [6.07, 6.45) is 1.60. The summed E-state index contributed by atoms with van der Waals surface area (Å²) in [6.45, 7) is 7.50. The van der Waals surface area contributed by atoms with E-state index < -0.39 is 0 Å². The first-order valence-corrected chi connectivity index (χ1v) is 8.50. The number of anilines is 1. The summed E-state index contributed by atoms with van der Waals surface area (Å²) in [5, 5.41) is 11.5. The second-order valence-corrected chi connectivity index (χ2v) is 6.53. The second-order valence-electron chi connectivity index (χ2n) is 6.53. The van der Waals surface area contributed by atoms with Crippen molar-refractivity contribution < 1.29 is 9.21 Å². The van der Waals surface area contributed by atoms with E-state index in [0.29, 0.717) is 24.7 Å². The largest absolute Gasteiger partial charge is 0.424 e. The number of benzene rings is 1. The lowest BCUT2D eigenvalue weighted by Gasteiger charge is -2.18. The van der Waals surface area contributed by atoms with Crippen molar-refractivity contribution in [3.05, 3.63) is 41.6 Å². The maximum atomic E-state index is 11.8. The van der Waals surface area contributed by atoms with Crippen LogP contribution in [0, 0.1) is 0 Å². The van der Waals surface area contributed by atoms with Crippen molar-refractivity contribution >= 4 is 11.6 Å². The van der Waals surface area contributed by atoms with E-state index in [1.54, 1.807) is 0 Å².